The van der Waals surface area contributed by atoms with E-state index in [0.717, 1.165) is 18.4 Å². The lowest BCUT2D eigenvalue weighted by Gasteiger charge is -2.17. The second-order valence-corrected chi connectivity index (χ2v) is 6.43. The van der Waals surface area contributed by atoms with E-state index in [1.165, 1.54) is 12.1 Å². The first kappa shape index (κ1) is 18.1. The van der Waals surface area contributed by atoms with Crippen LogP contribution in [0.2, 0.25) is 0 Å². The molecule has 0 radical (unpaired) electrons. The van der Waals surface area contributed by atoms with E-state index in [1.54, 1.807) is 0 Å². The van der Waals surface area contributed by atoms with E-state index in [9.17, 15) is 39.9 Å². The number of rotatable bonds is 2. The maximum atomic E-state index is 13.0. The second kappa shape index (κ2) is 6.13. The lowest BCUT2D eigenvalue weighted by atomic mass is 9.86. The van der Waals surface area contributed by atoms with Gasteiger partial charge in [0.05, 0.1) is 10.9 Å². The highest BCUT2D eigenvalue weighted by Crippen LogP contribution is 2.37. The van der Waals surface area contributed by atoms with Crippen LogP contribution in [0.5, 0.6) is 23.0 Å². The molecule has 1 heterocycles. The van der Waals surface area contributed by atoms with E-state index in [-0.39, 0.29) is 34.5 Å². The van der Waals surface area contributed by atoms with Crippen LogP contribution in [0, 0.1) is 0 Å². The Morgan fingerprint density at radius 3 is 2.31 bits per heavy atom. The summed E-state index contributed by atoms with van der Waals surface area (Å²) in [5, 5.41) is 47.7. The molecule has 0 saturated heterocycles. The number of aromatic carboxylic acids is 1. The number of Topliss-reactive ketones (excluding diaryl/α,β-unsaturated/α-hetero) is 1. The third kappa shape index (κ3) is 2.59. The Hall–Kier alpha value is -4.27. The molecule has 9 heteroatoms. The molecule has 1 aromatic heterocycles. The Labute approximate surface area is 161 Å². The van der Waals surface area contributed by atoms with Crippen molar-refractivity contribution in [3.8, 4) is 23.0 Å². The van der Waals surface area contributed by atoms with E-state index in [2.05, 4.69) is 0 Å². The number of hydrogen-bond acceptors (Lipinski definition) is 8. The van der Waals surface area contributed by atoms with Gasteiger partial charge in [-0.25, -0.2) is 4.79 Å². The Morgan fingerprint density at radius 1 is 0.931 bits per heavy atom. The molecule has 29 heavy (non-hydrogen) atoms. The molecule has 0 amide bonds. The number of phenols is 4. The molecule has 146 valence electrons. The molecule has 0 unspecified atom stereocenters. The molecule has 2 aromatic carbocycles. The summed E-state index contributed by atoms with van der Waals surface area (Å²) in [6.45, 7) is 0. The monoisotopic (exact) mass is 396 g/mol. The summed E-state index contributed by atoms with van der Waals surface area (Å²) in [4.78, 5) is 37.4. The molecule has 0 spiro atoms. The molecule has 0 fully saturated rings. The summed E-state index contributed by atoms with van der Waals surface area (Å²) >= 11 is 0. The molecule has 4 rings (SSSR count). The minimum atomic E-state index is -1.66. The summed E-state index contributed by atoms with van der Waals surface area (Å²) in [5.74, 6) is -4.96. The molecule has 1 aliphatic carbocycles. The average Bonchev–Trinajstić information content (AvgIpc) is 2.66. The van der Waals surface area contributed by atoms with Crippen molar-refractivity contribution in [1.82, 2.24) is 0 Å². The van der Waals surface area contributed by atoms with Crippen LogP contribution in [0.25, 0.3) is 16.5 Å². The first-order chi connectivity index (χ1) is 13.7. The van der Waals surface area contributed by atoms with Crippen molar-refractivity contribution in [3.63, 3.8) is 0 Å². The number of phenolic OH excluding ortho intramolecular Hbond substituents is 3. The highest BCUT2D eigenvalue weighted by molar-refractivity contribution is 6.30. The number of hydrogen-bond donors (Lipinski definition) is 5. The van der Waals surface area contributed by atoms with Crippen molar-refractivity contribution in [3.05, 3.63) is 63.0 Å². The van der Waals surface area contributed by atoms with Crippen molar-refractivity contribution >= 4 is 28.3 Å². The standard InChI is InChI=1S/C20H12O9/c21-11-3-7-1-2-8(17(24)9(7)4-12(11)22)10-6-29-14-5-13(23)19(26)16(20(27)28)15(14)18(10)25/h2-6,21-23,26H,1H2,(H,27,28). The predicted octanol–water partition coefficient (Wildman–Crippen LogP) is 2.14. The highest BCUT2D eigenvalue weighted by atomic mass is 16.4. The molecule has 0 saturated carbocycles. The Kier molecular flexibility index (Phi) is 3.83. The van der Waals surface area contributed by atoms with Crippen LogP contribution in [0.4, 0.5) is 0 Å². The van der Waals surface area contributed by atoms with Crippen LogP contribution in [0.15, 0.2) is 39.7 Å². The fourth-order valence-corrected chi connectivity index (χ4v) is 3.34. The second-order valence-electron chi connectivity index (χ2n) is 6.43. The molecule has 0 atom stereocenters. The number of aromatic hydroxyl groups is 4. The first-order valence-corrected chi connectivity index (χ1v) is 8.24. The molecule has 9 nitrogen and oxygen atoms in total. The largest absolute Gasteiger partial charge is 0.504 e. The van der Waals surface area contributed by atoms with Crippen LogP contribution >= 0.6 is 0 Å². The van der Waals surface area contributed by atoms with E-state index in [4.69, 9.17) is 4.42 Å². The fraction of sp³-hybridized carbons (Fsp3) is 0.0500. The number of carboxylic acids is 1. The summed E-state index contributed by atoms with van der Waals surface area (Å²) in [6.07, 6.45) is 2.54. The molecular weight excluding hydrogens is 384 g/mol. The van der Waals surface area contributed by atoms with Gasteiger partial charge in [-0.2, -0.15) is 0 Å². The highest BCUT2D eigenvalue weighted by Gasteiger charge is 2.28. The lowest BCUT2D eigenvalue weighted by Crippen LogP contribution is -2.19. The number of carboxylic acid groups (broad SMARTS) is 1. The fourth-order valence-electron chi connectivity index (χ4n) is 3.34. The topological polar surface area (TPSA) is 166 Å². The summed E-state index contributed by atoms with van der Waals surface area (Å²) in [7, 11) is 0. The molecule has 5 N–H and O–H groups in total. The number of fused-ring (bicyclic) bond motifs is 2. The summed E-state index contributed by atoms with van der Waals surface area (Å²) < 4.78 is 5.27. The van der Waals surface area contributed by atoms with Crippen molar-refractivity contribution < 1.29 is 39.5 Å². The Balaban J connectivity index is 1.96. The zero-order chi connectivity index (χ0) is 21.0. The smallest absolute Gasteiger partial charge is 0.340 e. The van der Waals surface area contributed by atoms with Gasteiger partial charge in [-0.15, -0.1) is 0 Å². The minimum Gasteiger partial charge on any atom is -0.504 e. The summed E-state index contributed by atoms with van der Waals surface area (Å²) in [6, 6.07) is 3.22. The van der Waals surface area contributed by atoms with Crippen molar-refractivity contribution in [2.45, 2.75) is 6.42 Å². The van der Waals surface area contributed by atoms with E-state index >= 15 is 0 Å². The van der Waals surface area contributed by atoms with Gasteiger partial charge in [0.2, 0.25) is 5.43 Å². The quantitative estimate of drug-likeness (QED) is 0.408. The van der Waals surface area contributed by atoms with Crippen LogP contribution < -0.4 is 5.43 Å². The number of ketones is 1. The molecule has 0 bridgehead atoms. The lowest BCUT2D eigenvalue weighted by molar-refractivity contribution is 0.0695. The van der Waals surface area contributed by atoms with Gasteiger partial charge in [0.15, 0.2) is 28.8 Å². The minimum absolute atomic E-state index is 0.0734. The van der Waals surface area contributed by atoms with E-state index in [0.29, 0.717) is 5.56 Å². The van der Waals surface area contributed by atoms with Crippen LogP contribution in [-0.4, -0.2) is 37.3 Å². The van der Waals surface area contributed by atoms with Gasteiger partial charge in [-0.3, -0.25) is 9.59 Å². The van der Waals surface area contributed by atoms with Gasteiger partial charge >= 0.3 is 5.97 Å². The van der Waals surface area contributed by atoms with E-state index < -0.39 is 45.4 Å². The van der Waals surface area contributed by atoms with Crippen LogP contribution in [0.1, 0.15) is 31.8 Å². The van der Waals surface area contributed by atoms with Gasteiger partial charge in [0.25, 0.3) is 0 Å². The molecule has 1 aliphatic rings. The van der Waals surface area contributed by atoms with E-state index in [1.807, 2.05) is 0 Å². The zero-order valence-electron chi connectivity index (χ0n) is 14.5. The van der Waals surface area contributed by atoms with Gasteiger partial charge < -0.3 is 29.9 Å². The van der Waals surface area contributed by atoms with Crippen molar-refractivity contribution in [1.29, 1.82) is 0 Å². The van der Waals surface area contributed by atoms with Crippen molar-refractivity contribution in [2.75, 3.05) is 0 Å². The Morgan fingerprint density at radius 2 is 1.62 bits per heavy atom. The van der Waals surface area contributed by atoms with Crippen LogP contribution in [0.3, 0.4) is 0 Å². The van der Waals surface area contributed by atoms with Gasteiger partial charge in [-0.05, 0) is 24.1 Å². The Bertz CT molecular complexity index is 1330. The number of allylic oxidation sites excluding steroid dienone is 2. The normalized spacial score (nSPS) is 13.2. The third-order valence-corrected chi connectivity index (χ3v) is 4.74. The number of benzene rings is 2. The maximum absolute atomic E-state index is 13.0. The maximum Gasteiger partial charge on any atom is 0.340 e. The number of carbonyl (C=O) groups excluding carboxylic acids is 1. The predicted molar refractivity (Wildman–Crippen MR) is 98.6 cm³/mol. The van der Waals surface area contributed by atoms with Crippen LogP contribution in [-0.2, 0) is 6.42 Å². The number of carbonyl (C=O) groups is 2. The molecular formula is C20H12O9. The molecule has 3 aromatic rings. The van der Waals surface area contributed by atoms with Gasteiger partial charge in [-0.1, -0.05) is 6.08 Å². The van der Waals surface area contributed by atoms with Gasteiger partial charge in [0, 0.05) is 17.2 Å². The zero-order valence-corrected chi connectivity index (χ0v) is 14.5. The first-order valence-electron chi connectivity index (χ1n) is 8.24. The SMILES string of the molecule is O=C1C(c2coc3cc(O)c(O)c(C(=O)O)c3c2=O)=CCc2cc(O)c(O)cc21. The molecule has 0 aliphatic heterocycles. The van der Waals surface area contributed by atoms with Crippen molar-refractivity contribution in [2.24, 2.45) is 0 Å². The average molecular weight is 396 g/mol. The summed E-state index contributed by atoms with van der Waals surface area (Å²) in [5.41, 5.74) is -1.82. The third-order valence-electron chi connectivity index (χ3n) is 4.74. The van der Waals surface area contributed by atoms with Gasteiger partial charge in [0.1, 0.15) is 17.4 Å².